The largest absolute Gasteiger partial charge is 0.492 e. The summed E-state index contributed by atoms with van der Waals surface area (Å²) in [4.78, 5) is 13.4. The van der Waals surface area contributed by atoms with E-state index < -0.39 is 16.0 Å². The summed E-state index contributed by atoms with van der Waals surface area (Å²) in [6, 6.07) is 4.27. The van der Waals surface area contributed by atoms with Crippen LogP contribution in [0.15, 0.2) is 23.1 Å². The van der Waals surface area contributed by atoms with Crippen molar-refractivity contribution in [2.24, 2.45) is 0 Å². The second kappa shape index (κ2) is 7.29. The van der Waals surface area contributed by atoms with Gasteiger partial charge < -0.3 is 14.7 Å². The van der Waals surface area contributed by atoms with Gasteiger partial charge in [-0.2, -0.15) is 4.31 Å². The van der Waals surface area contributed by atoms with Crippen molar-refractivity contribution in [2.45, 2.75) is 18.7 Å². The van der Waals surface area contributed by atoms with Gasteiger partial charge in [-0.3, -0.25) is 0 Å². The van der Waals surface area contributed by atoms with Gasteiger partial charge in [0, 0.05) is 26.2 Å². The molecule has 8 heteroatoms. The molecular weight excluding hydrogens is 320 g/mol. The minimum atomic E-state index is -3.92. The van der Waals surface area contributed by atoms with Crippen LogP contribution in [0.5, 0.6) is 5.75 Å². The third-order valence-corrected chi connectivity index (χ3v) is 5.87. The summed E-state index contributed by atoms with van der Waals surface area (Å²) in [7, 11) is -3.92. The van der Waals surface area contributed by atoms with E-state index in [0.717, 1.165) is 6.54 Å². The van der Waals surface area contributed by atoms with E-state index in [9.17, 15) is 18.3 Å². The lowest BCUT2D eigenvalue weighted by atomic mass is 10.2. The molecule has 1 fully saturated rings. The van der Waals surface area contributed by atoms with Crippen LogP contribution in [-0.4, -0.2) is 68.0 Å². The Balaban J connectivity index is 2.44. The van der Waals surface area contributed by atoms with E-state index in [0.29, 0.717) is 26.2 Å². The van der Waals surface area contributed by atoms with E-state index in [1.807, 2.05) is 6.92 Å². The van der Waals surface area contributed by atoms with Crippen LogP contribution in [0.4, 0.5) is 0 Å². The molecule has 0 spiro atoms. The highest BCUT2D eigenvalue weighted by Gasteiger charge is 2.34. The maximum absolute atomic E-state index is 13.0. The first-order valence-corrected chi connectivity index (χ1v) is 9.07. The number of benzene rings is 1. The van der Waals surface area contributed by atoms with E-state index in [-0.39, 0.29) is 22.8 Å². The SMILES string of the molecule is CCOc1cccc(C(=O)O)c1S(=O)(=O)N1CCN(CC)CC1. The Hall–Kier alpha value is -1.64. The highest BCUT2D eigenvalue weighted by Crippen LogP contribution is 2.31. The Kier molecular flexibility index (Phi) is 5.61. The van der Waals surface area contributed by atoms with Gasteiger partial charge in [0.25, 0.3) is 0 Å². The molecular formula is C15H22N2O5S. The second-order valence-electron chi connectivity index (χ2n) is 5.21. The highest BCUT2D eigenvalue weighted by molar-refractivity contribution is 7.89. The molecule has 1 aliphatic rings. The van der Waals surface area contributed by atoms with Crippen LogP contribution in [0.25, 0.3) is 0 Å². The molecule has 0 unspecified atom stereocenters. The summed E-state index contributed by atoms with van der Waals surface area (Å²) in [5.41, 5.74) is -0.256. The Bertz CT molecular complexity index is 666. The molecule has 1 aromatic carbocycles. The molecule has 2 rings (SSSR count). The van der Waals surface area contributed by atoms with E-state index >= 15 is 0 Å². The first kappa shape index (κ1) is 17.7. The molecule has 0 atom stereocenters. The Morgan fingerprint density at radius 2 is 1.87 bits per heavy atom. The fourth-order valence-electron chi connectivity index (χ4n) is 2.63. The molecule has 1 heterocycles. The molecule has 0 bridgehead atoms. The molecule has 1 saturated heterocycles. The number of rotatable bonds is 6. The number of nitrogens with zero attached hydrogens (tertiary/aromatic N) is 2. The maximum atomic E-state index is 13.0. The van der Waals surface area contributed by atoms with E-state index in [2.05, 4.69) is 4.90 Å². The van der Waals surface area contributed by atoms with Crippen molar-refractivity contribution in [1.82, 2.24) is 9.21 Å². The molecule has 1 N–H and O–H groups in total. The fourth-order valence-corrected chi connectivity index (χ4v) is 4.35. The standard InChI is InChI=1S/C15H22N2O5S/c1-3-16-8-10-17(11-9-16)23(20,21)14-12(15(18)19)6-5-7-13(14)22-4-2/h5-7H,3-4,8-11H2,1-2H3,(H,18,19). The van der Waals surface area contributed by atoms with Crippen molar-refractivity contribution >= 4 is 16.0 Å². The number of piperazine rings is 1. The maximum Gasteiger partial charge on any atom is 0.337 e. The Labute approximate surface area is 136 Å². The lowest BCUT2D eigenvalue weighted by Gasteiger charge is -2.33. The molecule has 1 aliphatic heterocycles. The lowest BCUT2D eigenvalue weighted by molar-refractivity contribution is 0.0691. The van der Waals surface area contributed by atoms with Gasteiger partial charge in [-0.05, 0) is 25.6 Å². The van der Waals surface area contributed by atoms with Crippen LogP contribution in [-0.2, 0) is 10.0 Å². The van der Waals surface area contributed by atoms with Gasteiger partial charge in [0.15, 0.2) is 0 Å². The van der Waals surface area contributed by atoms with Crippen molar-refractivity contribution in [1.29, 1.82) is 0 Å². The number of likely N-dealkylation sites (N-methyl/N-ethyl adjacent to an activating group) is 1. The first-order chi connectivity index (χ1) is 10.9. The lowest BCUT2D eigenvalue weighted by Crippen LogP contribution is -2.48. The van der Waals surface area contributed by atoms with Gasteiger partial charge in [0.05, 0.1) is 12.2 Å². The number of aromatic carboxylic acids is 1. The quantitative estimate of drug-likeness (QED) is 0.833. The van der Waals surface area contributed by atoms with Gasteiger partial charge in [-0.1, -0.05) is 13.0 Å². The zero-order valence-corrected chi connectivity index (χ0v) is 14.2. The fraction of sp³-hybridized carbons (Fsp3) is 0.533. The highest BCUT2D eigenvalue weighted by atomic mass is 32.2. The van der Waals surface area contributed by atoms with Crippen molar-refractivity contribution in [3.63, 3.8) is 0 Å². The number of sulfonamides is 1. The molecule has 7 nitrogen and oxygen atoms in total. The number of ether oxygens (including phenoxy) is 1. The number of carbonyl (C=O) groups is 1. The minimum absolute atomic E-state index is 0.0883. The van der Waals surface area contributed by atoms with E-state index in [4.69, 9.17) is 4.74 Å². The van der Waals surface area contributed by atoms with Gasteiger partial charge in [0.2, 0.25) is 10.0 Å². The smallest absolute Gasteiger partial charge is 0.337 e. The number of hydrogen-bond acceptors (Lipinski definition) is 5. The third-order valence-electron chi connectivity index (χ3n) is 3.89. The van der Waals surface area contributed by atoms with Crippen LogP contribution in [0.2, 0.25) is 0 Å². The molecule has 1 aromatic rings. The van der Waals surface area contributed by atoms with Gasteiger partial charge in [-0.15, -0.1) is 0 Å². The third kappa shape index (κ3) is 3.65. The molecule has 0 aromatic heterocycles. The summed E-state index contributed by atoms with van der Waals surface area (Å²) in [6.45, 7) is 6.83. The topological polar surface area (TPSA) is 87.1 Å². The predicted molar refractivity (Wildman–Crippen MR) is 85.4 cm³/mol. The Morgan fingerprint density at radius 1 is 1.22 bits per heavy atom. The summed E-state index contributed by atoms with van der Waals surface area (Å²) < 4.78 is 32.6. The van der Waals surface area contributed by atoms with E-state index in [1.165, 1.54) is 22.5 Å². The predicted octanol–water partition coefficient (Wildman–Crippen LogP) is 1.11. The van der Waals surface area contributed by atoms with Crippen LogP contribution < -0.4 is 4.74 Å². The van der Waals surface area contributed by atoms with Crippen LogP contribution in [0, 0.1) is 0 Å². The summed E-state index contributed by atoms with van der Waals surface area (Å²) in [5, 5.41) is 9.35. The van der Waals surface area contributed by atoms with Crippen molar-refractivity contribution in [3.8, 4) is 5.75 Å². The zero-order valence-electron chi connectivity index (χ0n) is 13.4. The van der Waals surface area contributed by atoms with Crippen LogP contribution in [0.1, 0.15) is 24.2 Å². The average molecular weight is 342 g/mol. The molecule has 0 aliphatic carbocycles. The molecule has 0 radical (unpaired) electrons. The normalized spacial score (nSPS) is 17.1. The number of carboxylic acid groups (broad SMARTS) is 1. The summed E-state index contributed by atoms with van der Waals surface area (Å²) in [5.74, 6) is -1.19. The van der Waals surface area contributed by atoms with Crippen LogP contribution >= 0.6 is 0 Å². The number of carboxylic acids is 1. The van der Waals surface area contributed by atoms with Gasteiger partial charge in [-0.25, -0.2) is 13.2 Å². The number of hydrogen-bond donors (Lipinski definition) is 1. The monoisotopic (exact) mass is 342 g/mol. The minimum Gasteiger partial charge on any atom is -0.492 e. The van der Waals surface area contributed by atoms with Crippen molar-refractivity contribution < 1.29 is 23.1 Å². The Morgan fingerprint density at radius 3 is 2.39 bits per heavy atom. The van der Waals surface area contributed by atoms with Crippen molar-refractivity contribution in [3.05, 3.63) is 23.8 Å². The first-order valence-electron chi connectivity index (χ1n) is 7.63. The summed E-state index contributed by atoms with van der Waals surface area (Å²) in [6.07, 6.45) is 0. The molecule has 0 amide bonds. The second-order valence-corrected chi connectivity index (χ2v) is 7.08. The molecule has 23 heavy (non-hydrogen) atoms. The average Bonchev–Trinajstić information content (AvgIpc) is 2.54. The van der Waals surface area contributed by atoms with Gasteiger partial charge >= 0.3 is 5.97 Å². The van der Waals surface area contributed by atoms with Crippen molar-refractivity contribution in [2.75, 3.05) is 39.3 Å². The molecule has 128 valence electrons. The van der Waals surface area contributed by atoms with Gasteiger partial charge in [0.1, 0.15) is 10.6 Å². The summed E-state index contributed by atoms with van der Waals surface area (Å²) >= 11 is 0. The molecule has 0 saturated carbocycles. The van der Waals surface area contributed by atoms with E-state index in [1.54, 1.807) is 6.92 Å². The zero-order chi connectivity index (χ0) is 17.0. The van der Waals surface area contributed by atoms with Crippen LogP contribution in [0.3, 0.4) is 0 Å².